The number of aryl methyl sites for hydroxylation is 2. The number of fused-ring (bicyclic) bond motifs is 2. The first-order chi connectivity index (χ1) is 18.2. The van der Waals surface area contributed by atoms with Crippen molar-refractivity contribution in [1.82, 2.24) is 9.80 Å². The summed E-state index contributed by atoms with van der Waals surface area (Å²) in [6.07, 6.45) is 8.98. The SMILES string of the molecule is CCCN1CC=C[C@]2(CC)O[C@]34C=CCN(c5cc(C)ccc5C)C(=O)C3N([C@H](C)CO)C(=O)[C@@H]4[C@@H]2C1=O. The number of anilines is 1. The van der Waals surface area contributed by atoms with Crippen LogP contribution in [0.4, 0.5) is 5.69 Å². The van der Waals surface area contributed by atoms with Crippen LogP contribution in [-0.2, 0) is 19.1 Å². The van der Waals surface area contributed by atoms with Gasteiger partial charge in [-0.15, -0.1) is 0 Å². The van der Waals surface area contributed by atoms with Crippen molar-refractivity contribution < 1.29 is 24.2 Å². The maximum atomic E-state index is 14.5. The molecule has 6 atom stereocenters. The summed E-state index contributed by atoms with van der Waals surface area (Å²) in [6.45, 7) is 10.8. The van der Waals surface area contributed by atoms with Crippen molar-refractivity contribution in [3.05, 3.63) is 53.6 Å². The molecule has 1 aromatic carbocycles. The fourth-order valence-electron chi connectivity index (χ4n) is 7.01. The number of nitrogens with zero attached hydrogens (tertiary/aromatic N) is 3. The standard InChI is InChI=1S/C30H39N3O5/c1-6-14-31-15-8-12-29(7-2)23(26(31)35)24-27(36)33(21(5)18-34)25-28(37)32(16-9-13-30(24,25)38-29)22-17-19(3)10-11-20(22)4/h8-13,17,21,23-25,34H,6-7,14-16,18H2,1-5H3/t21-,23-,24+,25?,29+,30+/m1/s1. The third-order valence-corrected chi connectivity index (χ3v) is 8.85. The topological polar surface area (TPSA) is 90.4 Å². The second-order valence-corrected chi connectivity index (χ2v) is 11.2. The molecule has 0 radical (unpaired) electrons. The van der Waals surface area contributed by atoms with Gasteiger partial charge in [0, 0.05) is 25.3 Å². The van der Waals surface area contributed by atoms with Crippen LogP contribution in [0.1, 0.15) is 44.7 Å². The molecule has 8 nitrogen and oxygen atoms in total. The Morgan fingerprint density at radius 1 is 1.03 bits per heavy atom. The third-order valence-electron chi connectivity index (χ3n) is 8.85. The van der Waals surface area contributed by atoms with E-state index in [0.717, 1.165) is 23.2 Å². The number of carbonyl (C=O) groups is 3. The Labute approximate surface area is 224 Å². The van der Waals surface area contributed by atoms with E-state index in [9.17, 15) is 19.5 Å². The Balaban J connectivity index is 1.69. The van der Waals surface area contributed by atoms with Gasteiger partial charge in [0.25, 0.3) is 5.91 Å². The van der Waals surface area contributed by atoms with E-state index in [4.69, 9.17) is 4.74 Å². The van der Waals surface area contributed by atoms with E-state index in [1.807, 2.05) is 70.2 Å². The third kappa shape index (κ3) is 3.67. The first-order valence-corrected chi connectivity index (χ1v) is 13.8. The Morgan fingerprint density at radius 2 is 1.76 bits per heavy atom. The van der Waals surface area contributed by atoms with Crippen molar-refractivity contribution in [2.45, 2.75) is 70.7 Å². The quantitative estimate of drug-likeness (QED) is 0.582. The molecule has 4 aliphatic rings. The molecule has 8 heteroatoms. The van der Waals surface area contributed by atoms with Crippen LogP contribution in [0.25, 0.3) is 0 Å². The fourth-order valence-corrected chi connectivity index (χ4v) is 7.01. The smallest absolute Gasteiger partial charge is 0.253 e. The van der Waals surface area contributed by atoms with Crippen LogP contribution < -0.4 is 4.90 Å². The van der Waals surface area contributed by atoms with Crippen LogP contribution in [-0.4, -0.2) is 82.2 Å². The minimum atomic E-state index is -1.32. The molecule has 1 aromatic rings. The maximum Gasteiger partial charge on any atom is 0.253 e. The Bertz CT molecular complexity index is 1210. The average Bonchev–Trinajstić information content (AvgIpc) is 3.20. The molecule has 0 aliphatic carbocycles. The van der Waals surface area contributed by atoms with Crippen molar-refractivity contribution in [3.8, 4) is 0 Å². The normalized spacial score (nSPS) is 33.3. The van der Waals surface area contributed by atoms with Gasteiger partial charge in [0.15, 0.2) is 0 Å². The molecule has 2 fully saturated rings. The maximum absolute atomic E-state index is 14.5. The van der Waals surface area contributed by atoms with Crippen LogP contribution >= 0.6 is 0 Å². The van der Waals surface area contributed by atoms with E-state index in [-0.39, 0.29) is 24.3 Å². The lowest BCUT2D eigenvalue weighted by atomic mass is 9.73. The first-order valence-electron chi connectivity index (χ1n) is 13.8. The number of rotatable bonds is 6. The summed E-state index contributed by atoms with van der Waals surface area (Å²) in [4.78, 5) is 48.0. The number of likely N-dealkylation sites (tertiary alicyclic amines) is 1. The van der Waals surface area contributed by atoms with Crippen molar-refractivity contribution in [1.29, 1.82) is 0 Å². The monoisotopic (exact) mass is 521 g/mol. The second-order valence-electron chi connectivity index (χ2n) is 11.2. The van der Waals surface area contributed by atoms with Gasteiger partial charge < -0.3 is 24.5 Å². The molecule has 1 N–H and O–H groups in total. The first kappa shape index (κ1) is 26.6. The number of aliphatic hydroxyl groups is 1. The highest BCUT2D eigenvalue weighted by Crippen LogP contribution is 2.59. The van der Waals surface area contributed by atoms with Gasteiger partial charge >= 0.3 is 0 Å². The minimum Gasteiger partial charge on any atom is -0.394 e. The van der Waals surface area contributed by atoms with Gasteiger partial charge in [0.05, 0.1) is 30.1 Å². The summed E-state index contributed by atoms with van der Waals surface area (Å²) < 4.78 is 6.97. The lowest BCUT2D eigenvalue weighted by Gasteiger charge is -2.40. The van der Waals surface area contributed by atoms with Gasteiger partial charge in [-0.3, -0.25) is 14.4 Å². The Hall–Kier alpha value is -2.97. The lowest BCUT2D eigenvalue weighted by Crippen LogP contribution is -2.58. The van der Waals surface area contributed by atoms with Crippen LogP contribution in [0, 0.1) is 25.7 Å². The minimum absolute atomic E-state index is 0.109. The molecule has 4 aliphatic heterocycles. The highest BCUT2D eigenvalue weighted by Gasteiger charge is 2.75. The van der Waals surface area contributed by atoms with E-state index in [2.05, 4.69) is 0 Å². The van der Waals surface area contributed by atoms with Crippen LogP contribution in [0.3, 0.4) is 0 Å². The molecule has 38 heavy (non-hydrogen) atoms. The summed E-state index contributed by atoms with van der Waals surface area (Å²) in [5, 5.41) is 10.2. The number of aliphatic hydroxyl groups excluding tert-OH is 1. The number of benzene rings is 1. The van der Waals surface area contributed by atoms with E-state index >= 15 is 0 Å². The molecule has 1 spiro atoms. The lowest BCUT2D eigenvalue weighted by molar-refractivity contribution is -0.152. The van der Waals surface area contributed by atoms with E-state index in [0.29, 0.717) is 26.1 Å². The van der Waals surface area contributed by atoms with Crippen molar-refractivity contribution in [2.75, 3.05) is 31.1 Å². The number of carbonyl (C=O) groups excluding carboxylic acids is 3. The van der Waals surface area contributed by atoms with Gasteiger partial charge in [-0.2, -0.15) is 0 Å². The van der Waals surface area contributed by atoms with Crippen molar-refractivity contribution in [2.24, 2.45) is 11.8 Å². The summed E-state index contributed by atoms with van der Waals surface area (Å²) >= 11 is 0. The van der Waals surface area contributed by atoms with Gasteiger partial charge in [-0.05, 0) is 50.8 Å². The van der Waals surface area contributed by atoms with Gasteiger partial charge in [0.2, 0.25) is 11.8 Å². The molecule has 1 unspecified atom stereocenters. The number of amides is 3. The fraction of sp³-hybridized carbons (Fsp3) is 0.567. The molecule has 204 valence electrons. The zero-order chi connectivity index (χ0) is 27.4. The van der Waals surface area contributed by atoms with Crippen LogP contribution in [0.2, 0.25) is 0 Å². The summed E-state index contributed by atoms with van der Waals surface area (Å²) in [6, 6.07) is 4.35. The molecule has 2 saturated heterocycles. The summed E-state index contributed by atoms with van der Waals surface area (Å²) in [5.41, 5.74) is 0.447. The molecule has 5 rings (SSSR count). The summed E-state index contributed by atoms with van der Waals surface area (Å²) in [5.74, 6) is -2.30. The molecule has 0 saturated carbocycles. The number of hydrogen-bond acceptors (Lipinski definition) is 5. The largest absolute Gasteiger partial charge is 0.394 e. The Kier molecular flexibility index (Phi) is 6.76. The van der Waals surface area contributed by atoms with E-state index in [1.54, 1.807) is 16.7 Å². The molecule has 0 bridgehead atoms. The van der Waals surface area contributed by atoms with Crippen LogP contribution in [0.5, 0.6) is 0 Å². The highest BCUT2D eigenvalue weighted by molar-refractivity contribution is 6.06. The molecule has 4 heterocycles. The summed E-state index contributed by atoms with van der Waals surface area (Å²) in [7, 11) is 0. The van der Waals surface area contributed by atoms with Crippen molar-refractivity contribution >= 4 is 23.4 Å². The average molecular weight is 522 g/mol. The molecular weight excluding hydrogens is 482 g/mol. The van der Waals surface area contributed by atoms with E-state index < -0.39 is 35.1 Å². The Morgan fingerprint density at radius 3 is 2.45 bits per heavy atom. The van der Waals surface area contributed by atoms with E-state index in [1.165, 1.54) is 4.90 Å². The van der Waals surface area contributed by atoms with Crippen LogP contribution in [0.15, 0.2) is 42.5 Å². The van der Waals surface area contributed by atoms with Gasteiger partial charge in [-0.25, -0.2) is 0 Å². The molecule has 0 aromatic heterocycles. The second kappa shape index (κ2) is 9.65. The zero-order valence-electron chi connectivity index (χ0n) is 23.0. The van der Waals surface area contributed by atoms with Crippen molar-refractivity contribution in [3.63, 3.8) is 0 Å². The van der Waals surface area contributed by atoms with Gasteiger partial charge in [-0.1, -0.05) is 50.3 Å². The highest BCUT2D eigenvalue weighted by atomic mass is 16.5. The molecule has 3 amide bonds. The molecular formula is C30H39N3O5. The predicted octanol–water partition coefficient (Wildman–Crippen LogP) is 2.76. The zero-order valence-corrected chi connectivity index (χ0v) is 23.0. The number of hydrogen-bond donors (Lipinski definition) is 1. The number of ether oxygens (including phenoxy) is 1. The predicted molar refractivity (Wildman–Crippen MR) is 144 cm³/mol. The van der Waals surface area contributed by atoms with Gasteiger partial charge in [0.1, 0.15) is 11.6 Å².